The van der Waals surface area contributed by atoms with Gasteiger partial charge in [0, 0.05) is 29.6 Å². The Morgan fingerprint density at radius 2 is 1.89 bits per heavy atom. The van der Waals surface area contributed by atoms with E-state index in [9.17, 15) is 4.79 Å². The number of anilines is 1. The van der Waals surface area contributed by atoms with Crippen molar-refractivity contribution in [2.75, 3.05) is 12.8 Å². The molecular weight excluding hydrogens is 388 g/mol. The minimum absolute atomic E-state index is 0.0156. The Balaban J connectivity index is 1.59. The fourth-order valence-corrected chi connectivity index (χ4v) is 4.82. The van der Waals surface area contributed by atoms with E-state index in [1.807, 2.05) is 49.7 Å². The lowest BCUT2D eigenvalue weighted by Gasteiger charge is -2.16. The molecule has 0 unspecified atom stereocenters. The van der Waals surface area contributed by atoms with E-state index in [0.717, 1.165) is 26.9 Å². The third-order valence-corrected chi connectivity index (χ3v) is 6.63. The molecule has 1 aromatic carbocycles. The second-order valence-electron chi connectivity index (χ2n) is 6.77. The summed E-state index contributed by atoms with van der Waals surface area (Å²) in [4.78, 5) is 25.6. The predicted molar refractivity (Wildman–Crippen MR) is 117 cm³/mol. The summed E-state index contributed by atoms with van der Waals surface area (Å²) < 4.78 is 0. The van der Waals surface area contributed by atoms with Crippen molar-refractivity contribution >= 4 is 44.6 Å². The zero-order valence-corrected chi connectivity index (χ0v) is 17.5. The number of aromatic nitrogens is 2. The van der Waals surface area contributed by atoms with Gasteiger partial charge in [0.15, 0.2) is 5.82 Å². The molecule has 0 spiro atoms. The summed E-state index contributed by atoms with van der Waals surface area (Å²) in [5.41, 5.74) is 9.94. The van der Waals surface area contributed by atoms with Crippen molar-refractivity contribution < 1.29 is 4.79 Å². The van der Waals surface area contributed by atoms with Gasteiger partial charge in [-0.1, -0.05) is 12.1 Å². The number of fused-ring (bicyclic) bond motifs is 1. The van der Waals surface area contributed by atoms with Gasteiger partial charge in [0.05, 0.1) is 5.39 Å². The molecule has 3 aromatic heterocycles. The number of thiophene rings is 2. The van der Waals surface area contributed by atoms with Crippen LogP contribution in [-0.2, 0) is 6.54 Å². The van der Waals surface area contributed by atoms with Gasteiger partial charge in [-0.2, -0.15) is 11.3 Å². The lowest BCUT2D eigenvalue weighted by Crippen LogP contribution is -2.25. The summed E-state index contributed by atoms with van der Waals surface area (Å²) >= 11 is 3.26. The fourth-order valence-electron chi connectivity index (χ4n) is 3.12. The van der Waals surface area contributed by atoms with Crippen LogP contribution in [0.25, 0.3) is 21.6 Å². The van der Waals surface area contributed by atoms with Gasteiger partial charge in [-0.15, -0.1) is 11.3 Å². The van der Waals surface area contributed by atoms with E-state index < -0.39 is 0 Å². The molecule has 0 saturated carbocycles. The average molecular weight is 409 g/mol. The fraction of sp³-hybridized carbons (Fsp3) is 0.190. The smallest absolute Gasteiger partial charge is 0.253 e. The number of carbonyl (C=O) groups excluding carboxylic acids is 1. The Morgan fingerprint density at radius 3 is 2.57 bits per heavy atom. The van der Waals surface area contributed by atoms with Crippen LogP contribution in [0, 0.1) is 13.8 Å². The maximum absolute atomic E-state index is 12.7. The van der Waals surface area contributed by atoms with Gasteiger partial charge in [0.2, 0.25) is 0 Å². The molecule has 0 aliphatic heterocycles. The van der Waals surface area contributed by atoms with E-state index in [2.05, 4.69) is 22.3 Å². The molecule has 1 amide bonds. The molecule has 0 aliphatic rings. The number of hydrogen-bond donors (Lipinski definition) is 1. The monoisotopic (exact) mass is 408 g/mol. The number of hydrogen-bond acceptors (Lipinski definition) is 6. The predicted octanol–water partition coefficient (Wildman–Crippen LogP) is 4.89. The second kappa shape index (κ2) is 7.33. The highest BCUT2D eigenvalue weighted by atomic mass is 32.1. The Bertz CT molecular complexity index is 1150. The first-order chi connectivity index (χ1) is 13.4. The molecule has 0 radical (unpaired) electrons. The van der Waals surface area contributed by atoms with Crippen molar-refractivity contribution in [3.63, 3.8) is 0 Å². The molecule has 0 atom stereocenters. The van der Waals surface area contributed by atoms with E-state index in [1.54, 1.807) is 27.6 Å². The van der Waals surface area contributed by atoms with Crippen LogP contribution in [0.5, 0.6) is 0 Å². The molecule has 3 heterocycles. The molecule has 7 heteroatoms. The highest BCUT2D eigenvalue weighted by molar-refractivity contribution is 7.18. The quantitative estimate of drug-likeness (QED) is 0.522. The highest BCUT2D eigenvalue weighted by Crippen LogP contribution is 2.33. The number of nitrogens with zero attached hydrogens (tertiary/aromatic N) is 3. The lowest BCUT2D eigenvalue weighted by atomic mass is 10.1. The van der Waals surface area contributed by atoms with Crippen molar-refractivity contribution in [1.82, 2.24) is 14.9 Å². The molecule has 0 bridgehead atoms. The zero-order valence-electron chi connectivity index (χ0n) is 15.9. The van der Waals surface area contributed by atoms with Crippen LogP contribution in [-0.4, -0.2) is 27.8 Å². The third kappa shape index (κ3) is 3.39. The van der Waals surface area contributed by atoms with Gasteiger partial charge in [0.1, 0.15) is 10.6 Å². The summed E-state index contributed by atoms with van der Waals surface area (Å²) in [6.07, 6.45) is 0. The maximum atomic E-state index is 12.7. The molecule has 0 fully saturated rings. The van der Waals surface area contributed by atoms with Crippen LogP contribution >= 0.6 is 22.7 Å². The van der Waals surface area contributed by atoms with E-state index >= 15 is 0 Å². The molecule has 0 aliphatic carbocycles. The lowest BCUT2D eigenvalue weighted by molar-refractivity contribution is 0.0785. The number of nitrogen functional groups attached to an aromatic ring is 1. The number of aryl methyl sites for hydroxylation is 2. The van der Waals surface area contributed by atoms with Crippen molar-refractivity contribution in [2.45, 2.75) is 20.4 Å². The Kier molecular flexibility index (Phi) is 4.87. The molecular formula is C21H20N4OS2. The van der Waals surface area contributed by atoms with Crippen molar-refractivity contribution in [3.8, 4) is 11.4 Å². The molecule has 4 aromatic rings. The van der Waals surface area contributed by atoms with Crippen molar-refractivity contribution in [3.05, 3.63) is 62.7 Å². The molecule has 5 nitrogen and oxygen atoms in total. The summed E-state index contributed by atoms with van der Waals surface area (Å²) in [5, 5.41) is 5.01. The van der Waals surface area contributed by atoms with Gasteiger partial charge < -0.3 is 10.6 Å². The van der Waals surface area contributed by atoms with E-state index in [-0.39, 0.29) is 5.91 Å². The van der Waals surface area contributed by atoms with Gasteiger partial charge in [-0.25, -0.2) is 9.97 Å². The third-order valence-electron chi connectivity index (χ3n) is 4.79. The Hall–Kier alpha value is -2.77. The van der Waals surface area contributed by atoms with Crippen LogP contribution in [0.1, 0.15) is 26.4 Å². The number of nitrogens with two attached hydrogens (primary N) is 1. The van der Waals surface area contributed by atoms with Crippen LogP contribution in [0.2, 0.25) is 0 Å². The maximum Gasteiger partial charge on any atom is 0.253 e. The summed E-state index contributed by atoms with van der Waals surface area (Å²) in [6.45, 7) is 4.70. The van der Waals surface area contributed by atoms with Crippen LogP contribution in [0.4, 0.5) is 5.82 Å². The van der Waals surface area contributed by atoms with E-state index in [0.29, 0.717) is 23.8 Å². The summed E-state index contributed by atoms with van der Waals surface area (Å²) in [5.74, 6) is 1.06. The van der Waals surface area contributed by atoms with Gasteiger partial charge >= 0.3 is 0 Å². The number of carbonyl (C=O) groups is 1. The Morgan fingerprint density at radius 1 is 1.14 bits per heavy atom. The normalized spacial score (nSPS) is 11.1. The minimum atomic E-state index is -0.0156. The minimum Gasteiger partial charge on any atom is -0.383 e. The number of benzene rings is 1. The molecule has 2 N–H and O–H groups in total. The first-order valence-corrected chi connectivity index (χ1v) is 10.6. The number of amides is 1. The largest absolute Gasteiger partial charge is 0.383 e. The van der Waals surface area contributed by atoms with Gasteiger partial charge in [-0.05, 0) is 53.9 Å². The molecule has 0 saturated heterocycles. The SMILES string of the molecule is Cc1sc2nc(-c3ccc(C(=O)N(C)Cc4ccsc4)cc3)nc(N)c2c1C. The second-order valence-corrected chi connectivity index (χ2v) is 8.75. The van der Waals surface area contributed by atoms with Gasteiger partial charge in [0.25, 0.3) is 5.91 Å². The standard InChI is InChI=1S/C21H20N4OS2/c1-12-13(2)28-20-17(12)18(22)23-19(24-20)15-4-6-16(7-5-15)21(26)25(3)10-14-8-9-27-11-14/h4-9,11H,10H2,1-3H3,(H2,22,23,24). The first kappa shape index (κ1) is 18.6. The Labute approximate surface area is 171 Å². The van der Waals surface area contributed by atoms with Gasteiger partial charge in [-0.3, -0.25) is 4.79 Å². The highest BCUT2D eigenvalue weighted by Gasteiger charge is 2.15. The first-order valence-electron chi connectivity index (χ1n) is 8.84. The molecule has 4 rings (SSSR count). The zero-order chi connectivity index (χ0) is 19.8. The van der Waals surface area contributed by atoms with E-state index in [1.165, 1.54) is 4.88 Å². The van der Waals surface area contributed by atoms with Crippen LogP contribution in [0.3, 0.4) is 0 Å². The van der Waals surface area contributed by atoms with Crippen molar-refractivity contribution in [1.29, 1.82) is 0 Å². The topological polar surface area (TPSA) is 72.1 Å². The molecule has 142 valence electrons. The summed E-state index contributed by atoms with van der Waals surface area (Å²) in [6, 6.07) is 9.41. The van der Waals surface area contributed by atoms with Crippen LogP contribution in [0.15, 0.2) is 41.1 Å². The summed E-state index contributed by atoms with van der Waals surface area (Å²) in [7, 11) is 1.81. The van der Waals surface area contributed by atoms with Crippen molar-refractivity contribution in [2.24, 2.45) is 0 Å². The van der Waals surface area contributed by atoms with E-state index in [4.69, 9.17) is 5.73 Å². The molecule has 28 heavy (non-hydrogen) atoms. The van der Waals surface area contributed by atoms with Crippen LogP contribution < -0.4 is 5.73 Å². The number of rotatable bonds is 4. The average Bonchev–Trinajstić information content (AvgIpc) is 3.29.